The standard InChI is InChI=1S/C12H8FIN2O/c13-11-7-8(5-6-15-11)12(17)16-10-4-2-1-3-9(10)14/h1-7H,(H,16,17). The average Bonchev–Trinajstić information content (AvgIpc) is 2.32. The van der Waals surface area contributed by atoms with Crippen LogP contribution in [0.25, 0.3) is 0 Å². The normalized spacial score (nSPS) is 10.0. The summed E-state index contributed by atoms with van der Waals surface area (Å²) < 4.78 is 13.8. The lowest BCUT2D eigenvalue weighted by Crippen LogP contribution is -2.13. The summed E-state index contributed by atoms with van der Waals surface area (Å²) in [4.78, 5) is 15.2. The van der Waals surface area contributed by atoms with E-state index in [1.165, 1.54) is 12.3 Å². The predicted molar refractivity (Wildman–Crippen MR) is 71.3 cm³/mol. The van der Waals surface area contributed by atoms with Gasteiger partial charge in [-0.3, -0.25) is 4.79 Å². The third kappa shape index (κ3) is 3.00. The van der Waals surface area contributed by atoms with Gasteiger partial charge in [0.1, 0.15) is 0 Å². The Morgan fingerprint density at radius 1 is 1.29 bits per heavy atom. The molecular weight excluding hydrogens is 334 g/mol. The van der Waals surface area contributed by atoms with Crippen molar-refractivity contribution in [3.05, 3.63) is 57.7 Å². The number of halogens is 2. The quantitative estimate of drug-likeness (QED) is 0.673. The summed E-state index contributed by atoms with van der Waals surface area (Å²) in [5.41, 5.74) is 0.951. The molecule has 0 spiro atoms. The van der Waals surface area contributed by atoms with Crippen LogP contribution in [0.2, 0.25) is 0 Å². The minimum Gasteiger partial charge on any atom is -0.321 e. The molecule has 1 aromatic heterocycles. The van der Waals surface area contributed by atoms with Crippen molar-refractivity contribution in [2.24, 2.45) is 0 Å². The summed E-state index contributed by atoms with van der Waals surface area (Å²) in [7, 11) is 0. The van der Waals surface area contributed by atoms with Gasteiger partial charge in [-0.1, -0.05) is 12.1 Å². The van der Waals surface area contributed by atoms with E-state index < -0.39 is 5.95 Å². The highest BCUT2D eigenvalue weighted by Crippen LogP contribution is 2.17. The second-order valence-corrected chi connectivity index (χ2v) is 4.46. The van der Waals surface area contributed by atoms with E-state index in [1.807, 2.05) is 18.2 Å². The van der Waals surface area contributed by atoms with Crippen molar-refractivity contribution in [2.45, 2.75) is 0 Å². The molecule has 17 heavy (non-hydrogen) atoms. The SMILES string of the molecule is O=C(Nc1ccccc1I)c1ccnc(F)c1. The van der Waals surface area contributed by atoms with E-state index in [0.717, 1.165) is 9.64 Å². The van der Waals surface area contributed by atoms with Gasteiger partial charge < -0.3 is 5.32 Å². The summed E-state index contributed by atoms with van der Waals surface area (Å²) in [6.45, 7) is 0. The molecule has 0 fully saturated rings. The van der Waals surface area contributed by atoms with E-state index in [-0.39, 0.29) is 11.5 Å². The smallest absolute Gasteiger partial charge is 0.255 e. The molecule has 5 heteroatoms. The zero-order chi connectivity index (χ0) is 12.3. The van der Waals surface area contributed by atoms with Crippen LogP contribution in [0.3, 0.4) is 0 Å². The van der Waals surface area contributed by atoms with Gasteiger partial charge in [-0.25, -0.2) is 4.98 Å². The molecule has 2 rings (SSSR count). The molecule has 3 nitrogen and oxygen atoms in total. The molecule has 0 aliphatic carbocycles. The Labute approximate surface area is 111 Å². The number of benzene rings is 1. The number of nitrogens with zero attached hydrogens (tertiary/aromatic N) is 1. The predicted octanol–water partition coefficient (Wildman–Crippen LogP) is 3.08. The molecule has 1 amide bonds. The lowest BCUT2D eigenvalue weighted by atomic mass is 10.2. The zero-order valence-electron chi connectivity index (χ0n) is 8.65. The molecule has 1 heterocycles. The minimum absolute atomic E-state index is 0.247. The first-order chi connectivity index (χ1) is 8.16. The fraction of sp³-hybridized carbons (Fsp3) is 0. The van der Waals surface area contributed by atoms with Gasteiger partial charge in [-0.05, 0) is 40.8 Å². The van der Waals surface area contributed by atoms with Crippen LogP contribution in [0, 0.1) is 9.52 Å². The van der Waals surface area contributed by atoms with Crippen molar-refractivity contribution in [3.8, 4) is 0 Å². The van der Waals surface area contributed by atoms with Crippen LogP contribution in [0.5, 0.6) is 0 Å². The Balaban J connectivity index is 2.20. The van der Waals surface area contributed by atoms with Gasteiger partial charge in [0.05, 0.1) is 5.69 Å². The Bertz CT molecular complexity index is 560. The highest BCUT2D eigenvalue weighted by Gasteiger charge is 2.08. The largest absolute Gasteiger partial charge is 0.321 e. The van der Waals surface area contributed by atoms with Crippen LogP contribution in [-0.4, -0.2) is 10.9 Å². The van der Waals surface area contributed by atoms with Crippen LogP contribution in [0.4, 0.5) is 10.1 Å². The molecule has 0 saturated carbocycles. The molecule has 1 aromatic carbocycles. The monoisotopic (exact) mass is 342 g/mol. The first kappa shape index (κ1) is 12.0. The number of hydrogen-bond acceptors (Lipinski definition) is 2. The van der Waals surface area contributed by atoms with Crippen molar-refractivity contribution >= 4 is 34.2 Å². The molecule has 86 valence electrons. The molecule has 0 radical (unpaired) electrons. The molecule has 0 aliphatic heterocycles. The van der Waals surface area contributed by atoms with Gasteiger partial charge in [0, 0.05) is 21.4 Å². The van der Waals surface area contributed by atoms with Crippen molar-refractivity contribution < 1.29 is 9.18 Å². The second kappa shape index (κ2) is 5.22. The Morgan fingerprint density at radius 2 is 2.06 bits per heavy atom. The lowest BCUT2D eigenvalue weighted by Gasteiger charge is -2.06. The van der Waals surface area contributed by atoms with Gasteiger partial charge in [0.15, 0.2) is 0 Å². The highest BCUT2D eigenvalue weighted by molar-refractivity contribution is 14.1. The average molecular weight is 342 g/mol. The topological polar surface area (TPSA) is 42.0 Å². The molecular formula is C12H8FIN2O. The van der Waals surface area contributed by atoms with Gasteiger partial charge >= 0.3 is 0 Å². The van der Waals surface area contributed by atoms with Gasteiger partial charge in [-0.15, -0.1) is 0 Å². The number of pyridine rings is 1. The number of carbonyl (C=O) groups excluding carboxylic acids is 1. The van der Waals surface area contributed by atoms with Crippen molar-refractivity contribution in [1.82, 2.24) is 4.98 Å². The number of para-hydroxylation sites is 1. The number of carbonyl (C=O) groups is 1. The zero-order valence-corrected chi connectivity index (χ0v) is 10.8. The molecule has 0 saturated heterocycles. The first-order valence-corrected chi connectivity index (χ1v) is 5.92. The number of anilines is 1. The van der Waals surface area contributed by atoms with E-state index >= 15 is 0 Å². The molecule has 1 N–H and O–H groups in total. The number of amides is 1. The Kier molecular flexibility index (Phi) is 3.68. The number of nitrogens with one attached hydrogen (secondary N) is 1. The summed E-state index contributed by atoms with van der Waals surface area (Å²) in [5.74, 6) is -1.02. The Hall–Kier alpha value is -1.50. The van der Waals surface area contributed by atoms with Gasteiger partial charge in [0.25, 0.3) is 5.91 Å². The fourth-order valence-electron chi connectivity index (χ4n) is 1.30. The van der Waals surface area contributed by atoms with Gasteiger partial charge in [0.2, 0.25) is 5.95 Å². The Morgan fingerprint density at radius 3 is 2.76 bits per heavy atom. The molecule has 2 aromatic rings. The summed E-state index contributed by atoms with van der Waals surface area (Å²) in [5, 5.41) is 2.71. The summed E-state index contributed by atoms with van der Waals surface area (Å²) >= 11 is 2.12. The minimum atomic E-state index is -0.666. The summed E-state index contributed by atoms with van der Waals surface area (Å²) in [6, 6.07) is 9.94. The number of aromatic nitrogens is 1. The highest BCUT2D eigenvalue weighted by atomic mass is 127. The first-order valence-electron chi connectivity index (χ1n) is 4.84. The third-order valence-corrected chi connectivity index (χ3v) is 3.05. The maximum atomic E-state index is 12.9. The van der Waals surface area contributed by atoms with Crippen molar-refractivity contribution in [2.75, 3.05) is 5.32 Å². The van der Waals surface area contributed by atoms with Crippen LogP contribution in [0.15, 0.2) is 42.6 Å². The second-order valence-electron chi connectivity index (χ2n) is 3.30. The maximum absolute atomic E-state index is 12.9. The van der Waals surface area contributed by atoms with Crippen LogP contribution in [-0.2, 0) is 0 Å². The lowest BCUT2D eigenvalue weighted by molar-refractivity contribution is 0.102. The van der Waals surface area contributed by atoms with E-state index in [1.54, 1.807) is 6.07 Å². The van der Waals surface area contributed by atoms with Crippen LogP contribution < -0.4 is 5.32 Å². The molecule has 0 bridgehead atoms. The third-order valence-electron chi connectivity index (χ3n) is 2.11. The molecule has 0 atom stereocenters. The van der Waals surface area contributed by atoms with Crippen molar-refractivity contribution in [3.63, 3.8) is 0 Å². The van der Waals surface area contributed by atoms with E-state index in [0.29, 0.717) is 5.69 Å². The van der Waals surface area contributed by atoms with E-state index in [2.05, 4.69) is 32.9 Å². The molecule has 0 aliphatic rings. The maximum Gasteiger partial charge on any atom is 0.255 e. The van der Waals surface area contributed by atoms with Crippen molar-refractivity contribution in [1.29, 1.82) is 0 Å². The van der Waals surface area contributed by atoms with Crippen LogP contribution in [0.1, 0.15) is 10.4 Å². The number of hydrogen-bond donors (Lipinski definition) is 1. The van der Waals surface area contributed by atoms with E-state index in [4.69, 9.17) is 0 Å². The number of rotatable bonds is 2. The fourth-order valence-corrected chi connectivity index (χ4v) is 1.82. The van der Waals surface area contributed by atoms with Crippen LogP contribution >= 0.6 is 22.6 Å². The van der Waals surface area contributed by atoms with Gasteiger partial charge in [-0.2, -0.15) is 4.39 Å². The van der Waals surface area contributed by atoms with E-state index in [9.17, 15) is 9.18 Å². The summed E-state index contributed by atoms with van der Waals surface area (Å²) in [6.07, 6.45) is 1.26. The molecule has 0 unspecified atom stereocenters.